The fraction of sp³-hybridized carbons (Fsp3) is 0.200. The Hall–Kier alpha value is -1.55. The molecule has 1 N–H and O–H groups in total. The third kappa shape index (κ3) is 2.45. The van der Waals surface area contributed by atoms with E-state index < -0.39 is 11.6 Å². The lowest BCUT2D eigenvalue weighted by Crippen LogP contribution is -2.13. The second-order valence-electron chi connectivity index (χ2n) is 4.53. The molecule has 4 heteroatoms. The number of halogens is 2. The van der Waals surface area contributed by atoms with Crippen LogP contribution in [0.4, 0.5) is 14.5 Å². The van der Waals surface area contributed by atoms with E-state index in [1.165, 1.54) is 16.5 Å². The first kappa shape index (κ1) is 12.5. The van der Waals surface area contributed by atoms with Crippen molar-refractivity contribution in [3.05, 3.63) is 59.7 Å². The van der Waals surface area contributed by atoms with E-state index in [9.17, 15) is 8.78 Å². The van der Waals surface area contributed by atoms with Gasteiger partial charge < -0.3 is 5.32 Å². The molecular weight excluding hydrogens is 264 g/mol. The van der Waals surface area contributed by atoms with Gasteiger partial charge in [0.2, 0.25) is 0 Å². The van der Waals surface area contributed by atoms with Gasteiger partial charge in [-0.2, -0.15) is 0 Å². The number of nitrogens with one attached hydrogen (secondary N) is 1. The van der Waals surface area contributed by atoms with E-state index in [1.807, 2.05) is 23.9 Å². The molecule has 1 heterocycles. The van der Waals surface area contributed by atoms with Gasteiger partial charge in [0.05, 0.1) is 5.69 Å². The summed E-state index contributed by atoms with van der Waals surface area (Å²) in [6.45, 7) is 0.615. The molecule has 1 nitrogen and oxygen atoms in total. The van der Waals surface area contributed by atoms with Crippen molar-refractivity contribution in [3.63, 3.8) is 0 Å². The molecule has 1 atom stereocenters. The molecule has 0 aromatic heterocycles. The standard InChI is InChI=1S/C15H13F2NS/c16-12-5-3-6-13(15(12)17)18-8-10-9-19-14-7-2-1-4-11(10)14/h1-7,10,18H,8-9H2. The van der Waals surface area contributed by atoms with E-state index in [-0.39, 0.29) is 5.69 Å². The maximum atomic E-state index is 13.5. The van der Waals surface area contributed by atoms with Gasteiger partial charge in [0.1, 0.15) is 0 Å². The summed E-state index contributed by atoms with van der Waals surface area (Å²) in [6, 6.07) is 12.4. The molecule has 1 aliphatic heterocycles. The Bertz CT molecular complexity index is 600. The van der Waals surface area contributed by atoms with Crippen LogP contribution in [-0.2, 0) is 0 Å². The molecule has 0 saturated carbocycles. The highest BCUT2D eigenvalue weighted by Gasteiger charge is 2.22. The molecule has 98 valence electrons. The molecular formula is C15H13F2NS. The van der Waals surface area contributed by atoms with Crippen LogP contribution in [0.3, 0.4) is 0 Å². The molecule has 0 radical (unpaired) electrons. The zero-order chi connectivity index (χ0) is 13.2. The van der Waals surface area contributed by atoms with E-state index in [4.69, 9.17) is 0 Å². The second kappa shape index (κ2) is 5.21. The molecule has 1 unspecified atom stereocenters. The maximum Gasteiger partial charge on any atom is 0.181 e. The summed E-state index contributed by atoms with van der Waals surface area (Å²) in [4.78, 5) is 1.29. The fourth-order valence-electron chi connectivity index (χ4n) is 2.27. The predicted molar refractivity (Wildman–Crippen MR) is 74.8 cm³/mol. The fourth-order valence-corrected chi connectivity index (χ4v) is 3.53. The van der Waals surface area contributed by atoms with Gasteiger partial charge in [0, 0.05) is 23.1 Å². The minimum Gasteiger partial charge on any atom is -0.382 e. The summed E-state index contributed by atoms with van der Waals surface area (Å²) in [5.74, 6) is -0.306. The summed E-state index contributed by atoms with van der Waals surface area (Å²) in [6.07, 6.45) is 0. The number of hydrogen-bond donors (Lipinski definition) is 1. The third-order valence-electron chi connectivity index (χ3n) is 3.29. The molecule has 0 saturated heterocycles. The van der Waals surface area contributed by atoms with Crippen LogP contribution in [0.1, 0.15) is 11.5 Å². The number of fused-ring (bicyclic) bond motifs is 1. The lowest BCUT2D eigenvalue weighted by atomic mass is 10.0. The van der Waals surface area contributed by atoms with Crippen LogP contribution in [0, 0.1) is 11.6 Å². The Morgan fingerprint density at radius 1 is 1.11 bits per heavy atom. The Labute approximate surface area is 115 Å². The van der Waals surface area contributed by atoms with Gasteiger partial charge in [-0.05, 0) is 23.8 Å². The summed E-state index contributed by atoms with van der Waals surface area (Å²) in [7, 11) is 0. The van der Waals surface area contributed by atoms with Crippen molar-refractivity contribution in [2.45, 2.75) is 10.8 Å². The van der Waals surface area contributed by atoms with Crippen LogP contribution in [0.5, 0.6) is 0 Å². The van der Waals surface area contributed by atoms with Crippen molar-refractivity contribution in [1.29, 1.82) is 0 Å². The van der Waals surface area contributed by atoms with E-state index >= 15 is 0 Å². The lowest BCUT2D eigenvalue weighted by Gasteiger charge is -2.13. The van der Waals surface area contributed by atoms with E-state index in [1.54, 1.807) is 6.07 Å². The maximum absolute atomic E-state index is 13.5. The molecule has 19 heavy (non-hydrogen) atoms. The first-order chi connectivity index (χ1) is 9.25. The number of rotatable bonds is 3. The van der Waals surface area contributed by atoms with Gasteiger partial charge in [-0.3, -0.25) is 0 Å². The van der Waals surface area contributed by atoms with Gasteiger partial charge >= 0.3 is 0 Å². The number of thioether (sulfide) groups is 1. The summed E-state index contributed by atoms with van der Waals surface area (Å²) < 4.78 is 26.6. The quantitative estimate of drug-likeness (QED) is 0.899. The normalized spacial score (nSPS) is 17.3. The topological polar surface area (TPSA) is 12.0 Å². The summed E-state index contributed by atoms with van der Waals surface area (Å²) >= 11 is 1.81. The highest BCUT2D eigenvalue weighted by molar-refractivity contribution is 7.99. The van der Waals surface area contributed by atoms with Gasteiger partial charge in [-0.25, -0.2) is 8.78 Å². The minimum absolute atomic E-state index is 0.231. The molecule has 0 amide bonds. The third-order valence-corrected chi connectivity index (χ3v) is 4.54. The Kier molecular flexibility index (Phi) is 3.42. The second-order valence-corrected chi connectivity index (χ2v) is 5.59. The number of hydrogen-bond acceptors (Lipinski definition) is 2. The molecule has 0 bridgehead atoms. The van der Waals surface area contributed by atoms with Crippen molar-refractivity contribution < 1.29 is 8.78 Å². The van der Waals surface area contributed by atoms with Crippen LogP contribution < -0.4 is 5.32 Å². The smallest absolute Gasteiger partial charge is 0.181 e. The number of benzene rings is 2. The van der Waals surface area contributed by atoms with Crippen molar-refractivity contribution >= 4 is 17.4 Å². The van der Waals surface area contributed by atoms with Crippen LogP contribution in [0.25, 0.3) is 0 Å². The summed E-state index contributed by atoms with van der Waals surface area (Å²) in [5.41, 5.74) is 1.52. The SMILES string of the molecule is Fc1cccc(NCC2CSc3ccccc32)c1F. The highest BCUT2D eigenvalue weighted by atomic mass is 32.2. The van der Waals surface area contributed by atoms with E-state index in [0.717, 1.165) is 11.8 Å². The molecule has 0 aliphatic carbocycles. The predicted octanol–water partition coefficient (Wildman–Crippen LogP) is 4.27. The van der Waals surface area contributed by atoms with Crippen molar-refractivity contribution in [1.82, 2.24) is 0 Å². The molecule has 2 aromatic rings. The number of anilines is 1. The van der Waals surface area contributed by atoms with E-state index in [2.05, 4.69) is 17.4 Å². The first-order valence-electron chi connectivity index (χ1n) is 6.15. The average Bonchev–Trinajstić information content (AvgIpc) is 2.84. The van der Waals surface area contributed by atoms with Crippen LogP contribution in [-0.4, -0.2) is 12.3 Å². The van der Waals surface area contributed by atoms with Crippen LogP contribution in [0.2, 0.25) is 0 Å². The van der Waals surface area contributed by atoms with Crippen LogP contribution >= 0.6 is 11.8 Å². The molecule has 0 fully saturated rings. The zero-order valence-corrected chi connectivity index (χ0v) is 11.0. The van der Waals surface area contributed by atoms with Crippen molar-refractivity contribution in [2.75, 3.05) is 17.6 Å². The Morgan fingerprint density at radius 2 is 1.95 bits per heavy atom. The molecule has 1 aliphatic rings. The molecule has 0 spiro atoms. The lowest BCUT2D eigenvalue weighted by molar-refractivity contribution is 0.510. The molecule has 3 rings (SSSR count). The first-order valence-corrected chi connectivity index (χ1v) is 7.14. The van der Waals surface area contributed by atoms with E-state index in [0.29, 0.717) is 12.5 Å². The Balaban J connectivity index is 1.73. The minimum atomic E-state index is -0.814. The average molecular weight is 277 g/mol. The van der Waals surface area contributed by atoms with Crippen molar-refractivity contribution in [3.8, 4) is 0 Å². The molecule has 2 aromatic carbocycles. The zero-order valence-electron chi connectivity index (χ0n) is 10.2. The largest absolute Gasteiger partial charge is 0.382 e. The van der Waals surface area contributed by atoms with Gasteiger partial charge in [0.25, 0.3) is 0 Å². The highest BCUT2D eigenvalue weighted by Crippen LogP contribution is 2.39. The Morgan fingerprint density at radius 3 is 2.84 bits per heavy atom. The monoisotopic (exact) mass is 277 g/mol. The van der Waals surface area contributed by atoms with Crippen LogP contribution in [0.15, 0.2) is 47.4 Å². The van der Waals surface area contributed by atoms with Gasteiger partial charge in [-0.1, -0.05) is 24.3 Å². The van der Waals surface area contributed by atoms with Gasteiger partial charge in [-0.15, -0.1) is 11.8 Å². The van der Waals surface area contributed by atoms with Gasteiger partial charge in [0.15, 0.2) is 11.6 Å². The summed E-state index contributed by atoms with van der Waals surface area (Å²) in [5, 5.41) is 3.01. The van der Waals surface area contributed by atoms with Crippen molar-refractivity contribution in [2.24, 2.45) is 0 Å².